The van der Waals surface area contributed by atoms with Crippen LogP contribution in [0.15, 0.2) is 16.7 Å². The number of carbonyl (C=O) groups excluding carboxylic acids is 1. The van der Waals surface area contributed by atoms with E-state index < -0.39 is 5.92 Å². The molecule has 1 unspecified atom stereocenters. The molecule has 1 rings (SSSR count). The maximum absolute atomic E-state index is 11.6. The number of carbonyl (C=O) groups is 1. The van der Waals surface area contributed by atoms with Crippen LogP contribution in [0, 0.1) is 24.2 Å². The Morgan fingerprint density at radius 2 is 2.46 bits per heavy atom. The first kappa shape index (κ1) is 9.53. The van der Waals surface area contributed by atoms with E-state index in [1.807, 2.05) is 13.0 Å². The number of Topliss-reactive ketones (excluding diaryl/α,β-unsaturated/α-hetero) is 1. The fraction of sp³-hybridized carbons (Fsp3) is 0.400. The van der Waals surface area contributed by atoms with Crippen molar-refractivity contribution in [1.29, 1.82) is 5.26 Å². The van der Waals surface area contributed by atoms with E-state index in [1.54, 1.807) is 13.0 Å². The third kappa shape index (κ3) is 1.78. The highest BCUT2D eigenvalue weighted by Gasteiger charge is 2.20. The molecule has 0 bridgehead atoms. The summed E-state index contributed by atoms with van der Waals surface area (Å²) in [6.45, 7) is 3.54. The summed E-state index contributed by atoms with van der Waals surface area (Å²) < 4.78 is 4.99. The molecule has 3 nitrogen and oxygen atoms in total. The molecular weight excluding hydrogens is 166 g/mol. The fourth-order valence-electron chi connectivity index (χ4n) is 1.16. The summed E-state index contributed by atoms with van der Waals surface area (Å²) in [4.78, 5) is 11.6. The summed E-state index contributed by atoms with van der Waals surface area (Å²) in [6, 6.07) is 3.58. The standard InChI is InChI=1S/C10H11NO2/c1-3-8(6-11)10(12)9-4-5-13-7(9)2/h4-5,8H,3H2,1-2H3. The van der Waals surface area contributed by atoms with Crippen LogP contribution < -0.4 is 0 Å². The van der Waals surface area contributed by atoms with Crippen LogP contribution in [0.4, 0.5) is 0 Å². The second-order valence-corrected chi connectivity index (χ2v) is 2.84. The predicted octanol–water partition coefficient (Wildman–Crippen LogP) is 2.32. The molecule has 0 saturated carbocycles. The summed E-state index contributed by atoms with van der Waals surface area (Å²) in [7, 11) is 0. The van der Waals surface area contributed by atoms with Crippen LogP contribution in [0.1, 0.15) is 29.5 Å². The Morgan fingerprint density at radius 3 is 2.85 bits per heavy atom. The van der Waals surface area contributed by atoms with E-state index in [2.05, 4.69) is 0 Å². The molecule has 1 atom stereocenters. The minimum Gasteiger partial charge on any atom is -0.469 e. The monoisotopic (exact) mass is 177 g/mol. The molecular formula is C10H11NO2. The van der Waals surface area contributed by atoms with Crippen molar-refractivity contribution in [3.63, 3.8) is 0 Å². The number of ketones is 1. The molecule has 0 radical (unpaired) electrons. The normalized spacial score (nSPS) is 12.1. The Balaban J connectivity index is 2.92. The minimum atomic E-state index is -0.545. The van der Waals surface area contributed by atoms with E-state index in [-0.39, 0.29) is 5.78 Å². The number of nitrogens with zero attached hydrogens (tertiary/aromatic N) is 1. The topological polar surface area (TPSA) is 54.0 Å². The third-order valence-corrected chi connectivity index (χ3v) is 2.00. The number of rotatable bonds is 3. The van der Waals surface area contributed by atoms with Crippen molar-refractivity contribution in [2.45, 2.75) is 20.3 Å². The lowest BCUT2D eigenvalue weighted by atomic mass is 9.97. The molecule has 3 heteroatoms. The van der Waals surface area contributed by atoms with E-state index in [1.165, 1.54) is 6.26 Å². The Bertz CT molecular complexity index is 346. The van der Waals surface area contributed by atoms with Crippen molar-refractivity contribution >= 4 is 5.78 Å². The van der Waals surface area contributed by atoms with Crippen molar-refractivity contribution in [1.82, 2.24) is 0 Å². The van der Waals surface area contributed by atoms with Gasteiger partial charge in [0, 0.05) is 0 Å². The molecule has 0 aliphatic carbocycles. The molecule has 0 saturated heterocycles. The van der Waals surface area contributed by atoms with Gasteiger partial charge in [-0.05, 0) is 19.4 Å². The lowest BCUT2D eigenvalue weighted by Gasteiger charge is -2.02. The fourth-order valence-corrected chi connectivity index (χ4v) is 1.16. The van der Waals surface area contributed by atoms with Gasteiger partial charge in [0.05, 0.1) is 17.9 Å². The van der Waals surface area contributed by atoms with Crippen molar-refractivity contribution in [3.8, 4) is 6.07 Å². The van der Waals surface area contributed by atoms with Gasteiger partial charge in [0.1, 0.15) is 11.7 Å². The van der Waals surface area contributed by atoms with Gasteiger partial charge in [-0.1, -0.05) is 6.92 Å². The molecule has 0 aliphatic rings. The first-order valence-corrected chi connectivity index (χ1v) is 4.18. The summed E-state index contributed by atoms with van der Waals surface area (Å²) in [5.74, 6) is -0.105. The molecule has 1 heterocycles. The maximum Gasteiger partial charge on any atom is 0.183 e. The summed E-state index contributed by atoms with van der Waals surface area (Å²) in [5.41, 5.74) is 0.522. The van der Waals surface area contributed by atoms with Crippen LogP contribution in [0.3, 0.4) is 0 Å². The van der Waals surface area contributed by atoms with E-state index in [0.29, 0.717) is 17.7 Å². The van der Waals surface area contributed by atoms with Crippen LogP contribution in [0.25, 0.3) is 0 Å². The van der Waals surface area contributed by atoms with Gasteiger partial charge in [0.2, 0.25) is 0 Å². The Hall–Kier alpha value is -1.56. The maximum atomic E-state index is 11.6. The molecule has 0 N–H and O–H groups in total. The largest absolute Gasteiger partial charge is 0.469 e. The Morgan fingerprint density at radius 1 is 1.77 bits per heavy atom. The first-order valence-electron chi connectivity index (χ1n) is 4.18. The summed E-state index contributed by atoms with van der Waals surface area (Å²) in [6.07, 6.45) is 2.01. The number of aryl methyl sites for hydroxylation is 1. The van der Waals surface area contributed by atoms with Crippen molar-refractivity contribution in [2.75, 3.05) is 0 Å². The second kappa shape index (κ2) is 3.90. The molecule has 1 aromatic rings. The molecule has 0 aliphatic heterocycles. The number of hydrogen-bond donors (Lipinski definition) is 0. The van der Waals surface area contributed by atoms with E-state index in [9.17, 15) is 4.79 Å². The second-order valence-electron chi connectivity index (χ2n) is 2.84. The Kier molecular flexibility index (Phi) is 2.86. The van der Waals surface area contributed by atoms with Gasteiger partial charge in [0.15, 0.2) is 5.78 Å². The highest BCUT2D eigenvalue weighted by atomic mass is 16.3. The van der Waals surface area contributed by atoms with Gasteiger partial charge in [-0.3, -0.25) is 4.79 Å². The van der Waals surface area contributed by atoms with Gasteiger partial charge >= 0.3 is 0 Å². The third-order valence-electron chi connectivity index (χ3n) is 2.00. The molecule has 13 heavy (non-hydrogen) atoms. The zero-order valence-corrected chi connectivity index (χ0v) is 7.70. The van der Waals surface area contributed by atoms with Gasteiger partial charge < -0.3 is 4.42 Å². The van der Waals surface area contributed by atoms with Gasteiger partial charge in [0.25, 0.3) is 0 Å². The smallest absolute Gasteiger partial charge is 0.183 e. The Labute approximate surface area is 77.0 Å². The molecule has 1 aromatic heterocycles. The zero-order chi connectivity index (χ0) is 9.84. The van der Waals surface area contributed by atoms with Crippen LogP contribution in [0.2, 0.25) is 0 Å². The summed E-state index contributed by atoms with van der Waals surface area (Å²) >= 11 is 0. The van der Waals surface area contributed by atoms with E-state index in [0.717, 1.165) is 0 Å². The van der Waals surface area contributed by atoms with Gasteiger partial charge in [-0.25, -0.2) is 0 Å². The van der Waals surface area contributed by atoms with Crippen LogP contribution >= 0.6 is 0 Å². The highest BCUT2D eigenvalue weighted by Crippen LogP contribution is 2.16. The van der Waals surface area contributed by atoms with Crippen LogP contribution in [-0.2, 0) is 0 Å². The number of nitriles is 1. The van der Waals surface area contributed by atoms with Crippen molar-refractivity contribution in [3.05, 3.63) is 23.7 Å². The molecule has 0 spiro atoms. The number of furan rings is 1. The van der Waals surface area contributed by atoms with Crippen molar-refractivity contribution in [2.24, 2.45) is 5.92 Å². The molecule has 0 amide bonds. The predicted molar refractivity (Wildman–Crippen MR) is 47.2 cm³/mol. The zero-order valence-electron chi connectivity index (χ0n) is 7.70. The first-order chi connectivity index (χ1) is 6.20. The molecule has 0 aromatic carbocycles. The lowest BCUT2D eigenvalue weighted by Crippen LogP contribution is -2.11. The molecule has 0 fully saturated rings. The average molecular weight is 177 g/mol. The van der Waals surface area contributed by atoms with Crippen LogP contribution in [-0.4, -0.2) is 5.78 Å². The van der Waals surface area contributed by atoms with Crippen LogP contribution in [0.5, 0.6) is 0 Å². The lowest BCUT2D eigenvalue weighted by molar-refractivity contribution is 0.0945. The number of hydrogen-bond acceptors (Lipinski definition) is 3. The van der Waals surface area contributed by atoms with Gasteiger partial charge in [-0.2, -0.15) is 5.26 Å². The molecule has 68 valence electrons. The van der Waals surface area contributed by atoms with E-state index in [4.69, 9.17) is 9.68 Å². The average Bonchev–Trinajstić information content (AvgIpc) is 2.53. The quantitative estimate of drug-likeness (QED) is 0.666. The minimum absolute atomic E-state index is 0.142. The summed E-state index contributed by atoms with van der Waals surface area (Å²) in [5, 5.41) is 8.68. The van der Waals surface area contributed by atoms with Crippen molar-refractivity contribution < 1.29 is 9.21 Å². The van der Waals surface area contributed by atoms with Gasteiger partial charge in [-0.15, -0.1) is 0 Å². The SMILES string of the molecule is CCC(C#N)C(=O)c1ccoc1C. The highest BCUT2D eigenvalue weighted by molar-refractivity contribution is 6.00. The van der Waals surface area contributed by atoms with E-state index >= 15 is 0 Å².